The zero-order valence-corrected chi connectivity index (χ0v) is 7.12. The molecule has 0 saturated heterocycles. The predicted molar refractivity (Wildman–Crippen MR) is 42.1 cm³/mol. The molecule has 0 saturated carbocycles. The van der Waals surface area contributed by atoms with Gasteiger partial charge in [0.1, 0.15) is 6.61 Å². The van der Waals surface area contributed by atoms with Gasteiger partial charge in [-0.05, 0) is 6.42 Å². The third-order valence-electron chi connectivity index (χ3n) is 1.27. The Balaban J connectivity index is 2.31. The summed E-state index contributed by atoms with van der Waals surface area (Å²) in [6.07, 6.45) is 0.984. The number of nitrogens with zero attached hydrogens (tertiary/aromatic N) is 2. The van der Waals surface area contributed by atoms with Crippen LogP contribution in [0, 0.1) is 0 Å². The van der Waals surface area contributed by atoms with Gasteiger partial charge in [0.05, 0.1) is 6.54 Å². The zero-order chi connectivity index (χ0) is 8.81. The summed E-state index contributed by atoms with van der Waals surface area (Å²) in [5.41, 5.74) is 5.29. The highest BCUT2D eigenvalue weighted by Gasteiger charge is 2.03. The molecule has 2 N–H and O–H groups in total. The highest BCUT2D eigenvalue weighted by atomic mass is 16.5. The lowest BCUT2D eigenvalue weighted by atomic mass is 10.5. The van der Waals surface area contributed by atoms with Crippen molar-refractivity contribution in [3.8, 4) is 0 Å². The molecule has 0 aliphatic carbocycles. The van der Waals surface area contributed by atoms with Gasteiger partial charge in [-0.1, -0.05) is 12.1 Å². The maximum absolute atomic E-state index is 5.29. The van der Waals surface area contributed by atoms with Crippen molar-refractivity contribution in [2.75, 3.05) is 6.61 Å². The quantitative estimate of drug-likeness (QED) is 0.651. The summed E-state index contributed by atoms with van der Waals surface area (Å²) >= 11 is 0. The second-order valence-electron chi connectivity index (χ2n) is 2.36. The molecule has 0 radical (unpaired) electrons. The smallest absolute Gasteiger partial charge is 0.252 e. The molecule has 5 nitrogen and oxygen atoms in total. The molecule has 68 valence electrons. The Morgan fingerprint density at radius 3 is 3.00 bits per heavy atom. The van der Waals surface area contributed by atoms with E-state index in [0.29, 0.717) is 31.5 Å². The lowest BCUT2D eigenvalue weighted by Gasteiger charge is -1.95. The molecule has 1 aromatic heterocycles. The monoisotopic (exact) mass is 171 g/mol. The van der Waals surface area contributed by atoms with Crippen LogP contribution in [0.5, 0.6) is 0 Å². The zero-order valence-electron chi connectivity index (χ0n) is 7.12. The Morgan fingerprint density at radius 2 is 2.42 bits per heavy atom. The number of hydrogen-bond donors (Lipinski definition) is 1. The molecular weight excluding hydrogens is 158 g/mol. The van der Waals surface area contributed by atoms with Crippen LogP contribution in [0.4, 0.5) is 0 Å². The van der Waals surface area contributed by atoms with E-state index in [1.165, 1.54) is 0 Å². The average Bonchev–Trinajstić information content (AvgIpc) is 2.53. The molecule has 0 atom stereocenters. The van der Waals surface area contributed by atoms with Gasteiger partial charge in [-0.15, -0.1) is 0 Å². The Kier molecular flexibility index (Phi) is 3.69. The van der Waals surface area contributed by atoms with Crippen LogP contribution >= 0.6 is 0 Å². The van der Waals surface area contributed by atoms with Crippen molar-refractivity contribution in [2.45, 2.75) is 26.5 Å². The average molecular weight is 171 g/mol. The topological polar surface area (TPSA) is 74.2 Å². The molecule has 1 aromatic rings. The van der Waals surface area contributed by atoms with Gasteiger partial charge in [0, 0.05) is 6.61 Å². The maximum Gasteiger partial charge on any atom is 0.252 e. The molecule has 0 bridgehead atoms. The second-order valence-corrected chi connectivity index (χ2v) is 2.36. The van der Waals surface area contributed by atoms with Gasteiger partial charge in [0.2, 0.25) is 0 Å². The number of hydrogen-bond acceptors (Lipinski definition) is 5. The van der Waals surface area contributed by atoms with E-state index in [4.69, 9.17) is 15.0 Å². The van der Waals surface area contributed by atoms with E-state index in [2.05, 4.69) is 10.1 Å². The summed E-state index contributed by atoms with van der Waals surface area (Å²) in [5.74, 6) is 1.01. The van der Waals surface area contributed by atoms with Gasteiger partial charge in [-0.3, -0.25) is 0 Å². The molecule has 12 heavy (non-hydrogen) atoms. The molecule has 1 heterocycles. The molecule has 0 unspecified atom stereocenters. The summed E-state index contributed by atoms with van der Waals surface area (Å²) < 4.78 is 10.0. The van der Waals surface area contributed by atoms with E-state index in [1.54, 1.807) is 0 Å². The van der Waals surface area contributed by atoms with E-state index in [1.807, 2.05) is 6.92 Å². The number of aromatic nitrogens is 2. The third kappa shape index (κ3) is 2.60. The summed E-state index contributed by atoms with van der Waals surface area (Å²) in [6.45, 7) is 3.43. The first-order valence-corrected chi connectivity index (χ1v) is 3.96. The Hall–Kier alpha value is -0.940. The lowest BCUT2D eigenvalue weighted by Crippen LogP contribution is -1.99. The fourth-order valence-corrected chi connectivity index (χ4v) is 0.735. The highest BCUT2D eigenvalue weighted by Crippen LogP contribution is 1.98. The van der Waals surface area contributed by atoms with Crippen molar-refractivity contribution in [1.29, 1.82) is 0 Å². The molecule has 0 aliphatic heterocycles. The predicted octanol–water partition coefficient (Wildman–Crippen LogP) is 0.455. The fourth-order valence-electron chi connectivity index (χ4n) is 0.735. The van der Waals surface area contributed by atoms with Crippen LogP contribution in [0.1, 0.15) is 25.1 Å². The van der Waals surface area contributed by atoms with E-state index >= 15 is 0 Å². The van der Waals surface area contributed by atoms with Crippen LogP contribution in [0.3, 0.4) is 0 Å². The van der Waals surface area contributed by atoms with Crippen molar-refractivity contribution in [3.05, 3.63) is 11.7 Å². The van der Waals surface area contributed by atoms with Crippen molar-refractivity contribution in [3.63, 3.8) is 0 Å². The molecule has 0 aliphatic rings. The fraction of sp³-hybridized carbons (Fsp3) is 0.714. The van der Waals surface area contributed by atoms with Crippen LogP contribution < -0.4 is 5.73 Å². The van der Waals surface area contributed by atoms with Crippen molar-refractivity contribution in [2.24, 2.45) is 5.73 Å². The normalized spacial score (nSPS) is 10.5. The molecular formula is C7H13N3O2. The van der Waals surface area contributed by atoms with Gasteiger partial charge in [0.15, 0.2) is 5.82 Å². The van der Waals surface area contributed by atoms with Gasteiger partial charge >= 0.3 is 0 Å². The standard InChI is InChI=1S/C7H13N3O2/c1-2-3-11-5-7-9-6(4-8)10-12-7/h2-5,8H2,1H3. The molecule has 0 amide bonds. The van der Waals surface area contributed by atoms with Crippen molar-refractivity contribution >= 4 is 0 Å². The largest absolute Gasteiger partial charge is 0.372 e. The van der Waals surface area contributed by atoms with E-state index < -0.39 is 0 Å². The number of ether oxygens (including phenoxy) is 1. The second kappa shape index (κ2) is 4.84. The third-order valence-corrected chi connectivity index (χ3v) is 1.27. The minimum absolute atomic E-state index is 0.303. The lowest BCUT2D eigenvalue weighted by molar-refractivity contribution is 0.0981. The summed E-state index contributed by atoms with van der Waals surface area (Å²) in [7, 11) is 0. The Labute approximate surface area is 70.9 Å². The molecule has 0 fully saturated rings. The summed E-state index contributed by atoms with van der Waals surface area (Å²) in [6, 6.07) is 0. The van der Waals surface area contributed by atoms with E-state index in [9.17, 15) is 0 Å². The van der Waals surface area contributed by atoms with Crippen LogP contribution in [0.15, 0.2) is 4.52 Å². The van der Waals surface area contributed by atoms with Crippen LogP contribution in [-0.2, 0) is 17.9 Å². The van der Waals surface area contributed by atoms with Crippen LogP contribution in [0.25, 0.3) is 0 Å². The molecule has 5 heteroatoms. The molecule has 0 spiro atoms. The minimum atomic E-state index is 0.303. The first-order chi connectivity index (χ1) is 5.86. The SMILES string of the molecule is CCCOCc1nc(CN)no1. The van der Waals surface area contributed by atoms with Gasteiger partial charge in [-0.2, -0.15) is 4.98 Å². The van der Waals surface area contributed by atoms with Crippen LogP contribution in [0.2, 0.25) is 0 Å². The first-order valence-electron chi connectivity index (χ1n) is 3.96. The van der Waals surface area contributed by atoms with Crippen molar-refractivity contribution in [1.82, 2.24) is 10.1 Å². The van der Waals surface area contributed by atoms with E-state index in [0.717, 1.165) is 6.42 Å². The van der Waals surface area contributed by atoms with Gasteiger partial charge in [0.25, 0.3) is 5.89 Å². The Morgan fingerprint density at radius 1 is 1.58 bits per heavy atom. The molecule has 1 rings (SSSR count). The highest BCUT2D eigenvalue weighted by molar-refractivity contribution is 4.82. The maximum atomic E-state index is 5.29. The van der Waals surface area contributed by atoms with E-state index in [-0.39, 0.29) is 0 Å². The first kappa shape index (κ1) is 9.15. The number of nitrogens with two attached hydrogens (primary N) is 1. The Bertz CT molecular complexity index is 224. The summed E-state index contributed by atoms with van der Waals surface area (Å²) in [4.78, 5) is 3.97. The van der Waals surface area contributed by atoms with Crippen LogP contribution in [-0.4, -0.2) is 16.7 Å². The summed E-state index contributed by atoms with van der Waals surface area (Å²) in [5, 5.41) is 3.62. The molecule has 0 aromatic carbocycles. The van der Waals surface area contributed by atoms with Gasteiger partial charge < -0.3 is 15.0 Å². The minimum Gasteiger partial charge on any atom is -0.372 e. The van der Waals surface area contributed by atoms with Gasteiger partial charge in [-0.25, -0.2) is 0 Å². The van der Waals surface area contributed by atoms with Crippen molar-refractivity contribution < 1.29 is 9.26 Å². The number of rotatable bonds is 5.